The molecule has 0 unspecified atom stereocenters. The number of benzene rings is 2. The van der Waals surface area contributed by atoms with Gasteiger partial charge in [-0.2, -0.15) is 0 Å². The van der Waals surface area contributed by atoms with Crippen molar-refractivity contribution in [3.8, 4) is 0 Å². The van der Waals surface area contributed by atoms with E-state index in [1.165, 1.54) is 29.8 Å². The van der Waals surface area contributed by atoms with Crippen LogP contribution >= 0.6 is 11.8 Å². The Kier molecular flexibility index (Phi) is 6.50. The molecule has 0 saturated heterocycles. The zero-order chi connectivity index (χ0) is 20.8. The zero-order valence-corrected chi connectivity index (χ0v) is 16.5. The van der Waals surface area contributed by atoms with Gasteiger partial charge in [0, 0.05) is 23.2 Å². The van der Waals surface area contributed by atoms with Crippen molar-refractivity contribution in [2.24, 2.45) is 0 Å². The lowest BCUT2D eigenvalue weighted by molar-refractivity contribution is -0.146. The van der Waals surface area contributed by atoms with E-state index >= 15 is 0 Å². The van der Waals surface area contributed by atoms with E-state index in [1.54, 1.807) is 30.3 Å². The molecule has 2 aromatic rings. The van der Waals surface area contributed by atoms with Gasteiger partial charge in [-0.15, -0.1) is 11.8 Å². The summed E-state index contributed by atoms with van der Waals surface area (Å²) in [6, 6.07) is 13.7. The second kappa shape index (κ2) is 9.24. The minimum Gasteiger partial charge on any atom is -0.454 e. The summed E-state index contributed by atoms with van der Waals surface area (Å²) in [6.45, 7) is -0.767. The Morgan fingerprint density at radius 3 is 2.72 bits per heavy atom. The SMILES string of the molecule is CNC(=O)c1cccc(NC(=O)COC(=O)CN2C(=O)CSc3ccccc32)c1. The minimum absolute atomic E-state index is 0.193. The number of thioether (sulfide) groups is 1. The van der Waals surface area contributed by atoms with Crippen LogP contribution in [0.1, 0.15) is 10.4 Å². The maximum absolute atomic E-state index is 12.2. The Hall–Kier alpha value is -3.33. The molecule has 2 aromatic carbocycles. The predicted molar refractivity (Wildman–Crippen MR) is 109 cm³/mol. The average molecular weight is 413 g/mol. The molecule has 0 radical (unpaired) electrons. The summed E-state index contributed by atoms with van der Waals surface area (Å²) >= 11 is 1.42. The Bertz CT molecular complexity index is 963. The van der Waals surface area contributed by atoms with Gasteiger partial charge in [-0.05, 0) is 30.3 Å². The number of nitrogens with zero attached hydrogens (tertiary/aromatic N) is 1. The molecule has 0 bridgehead atoms. The molecule has 9 heteroatoms. The van der Waals surface area contributed by atoms with Crippen LogP contribution in [0, 0.1) is 0 Å². The van der Waals surface area contributed by atoms with E-state index in [9.17, 15) is 19.2 Å². The number of para-hydroxylation sites is 1. The monoisotopic (exact) mass is 413 g/mol. The van der Waals surface area contributed by atoms with Crippen LogP contribution in [0.3, 0.4) is 0 Å². The lowest BCUT2D eigenvalue weighted by Crippen LogP contribution is -2.40. The fraction of sp³-hybridized carbons (Fsp3) is 0.200. The van der Waals surface area contributed by atoms with Crippen molar-refractivity contribution in [3.05, 3.63) is 54.1 Å². The Morgan fingerprint density at radius 2 is 1.93 bits per heavy atom. The highest BCUT2D eigenvalue weighted by Gasteiger charge is 2.26. The molecule has 0 aliphatic carbocycles. The number of carbonyl (C=O) groups excluding carboxylic acids is 4. The van der Waals surface area contributed by atoms with Gasteiger partial charge >= 0.3 is 5.97 Å². The summed E-state index contributed by atoms with van der Waals surface area (Å²) in [5.74, 6) is -1.46. The van der Waals surface area contributed by atoms with Gasteiger partial charge in [0.2, 0.25) is 5.91 Å². The second-order valence-corrected chi connectivity index (χ2v) is 7.12. The largest absolute Gasteiger partial charge is 0.454 e. The predicted octanol–water partition coefficient (Wildman–Crippen LogP) is 1.67. The van der Waals surface area contributed by atoms with E-state index in [0.29, 0.717) is 16.9 Å². The molecule has 1 aliphatic rings. The molecule has 29 heavy (non-hydrogen) atoms. The van der Waals surface area contributed by atoms with Crippen LogP contribution in [0.5, 0.6) is 0 Å². The van der Waals surface area contributed by atoms with Gasteiger partial charge in [0.05, 0.1) is 11.4 Å². The highest BCUT2D eigenvalue weighted by molar-refractivity contribution is 8.00. The zero-order valence-electron chi connectivity index (χ0n) is 15.6. The maximum atomic E-state index is 12.2. The lowest BCUT2D eigenvalue weighted by atomic mass is 10.2. The lowest BCUT2D eigenvalue weighted by Gasteiger charge is -2.27. The third-order valence-electron chi connectivity index (χ3n) is 4.10. The summed E-state index contributed by atoms with van der Waals surface area (Å²) in [5.41, 5.74) is 1.45. The number of amides is 3. The van der Waals surface area contributed by atoms with Crippen LogP contribution in [0.4, 0.5) is 11.4 Å². The van der Waals surface area contributed by atoms with Crippen LogP contribution in [-0.2, 0) is 19.1 Å². The number of carbonyl (C=O) groups is 4. The van der Waals surface area contributed by atoms with Crippen molar-refractivity contribution in [1.29, 1.82) is 0 Å². The van der Waals surface area contributed by atoms with E-state index in [-0.39, 0.29) is 24.1 Å². The molecule has 2 N–H and O–H groups in total. The molecule has 1 aliphatic heterocycles. The van der Waals surface area contributed by atoms with Gasteiger partial charge in [-0.25, -0.2) is 0 Å². The molecule has 0 fully saturated rings. The van der Waals surface area contributed by atoms with Crippen molar-refractivity contribution in [2.75, 3.05) is 36.2 Å². The van der Waals surface area contributed by atoms with Crippen molar-refractivity contribution in [2.45, 2.75) is 4.90 Å². The normalized spacial score (nSPS) is 12.7. The molecular formula is C20H19N3O5S. The number of hydrogen-bond donors (Lipinski definition) is 2. The van der Waals surface area contributed by atoms with Crippen molar-refractivity contribution < 1.29 is 23.9 Å². The van der Waals surface area contributed by atoms with Crippen LogP contribution in [0.2, 0.25) is 0 Å². The molecule has 1 heterocycles. The van der Waals surface area contributed by atoms with E-state index in [1.807, 2.05) is 12.1 Å². The fourth-order valence-corrected chi connectivity index (χ4v) is 3.66. The first-order chi connectivity index (χ1) is 14.0. The number of rotatable bonds is 6. The second-order valence-electron chi connectivity index (χ2n) is 6.11. The molecule has 0 atom stereocenters. The Morgan fingerprint density at radius 1 is 1.14 bits per heavy atom. The first-order valence-corrected chi connectivity index (χ1v) is 9.76. The molecule has 0 spiro atoms. The summed E-state index contributed by atoms with van der Waals surface area (Å²) < 4.78 is 5.01. The van der Waals surface area contributed by atoms with Gasteiger partial charge in [0.25, 0.3) is 11.8 Å². The quantitative estimate of drug-likeness (QED) is 0.698. The smallest absolute Gasteiger partial charge is 0.326 e. The van der Waals surface area contributed by atoms with Gasteiger partial charge in [0.15, 0.2) is 6.61 Å². The highest BCUT2D eigenvalue weighted by Crippen LogP contribution is 2.34. The summed E-state index contributed by atoms with van der Waals surface area (Å²) in [5, 5.41) is 5.06. The van der Waals surface area contributed by atoms with E-state index in [2.05, 4.69) is 10.6 Å². The van der Waals surface area contributed by atoms with Crippen LogP contribution in [0.25, 0.3) is 0 Å². The van der Waals surface area contributed by atoms with E-state index in [4.69, 9.17) is 4.74 Å². The van der Waals surface area contributed by atoms with Gasteiger partial charge in [-0.3, -0.25) is 24.1 Å². The third-order valence-corrected chi connectivity index (χ3v) is 5.14. The number of nitrogens with one attached hydrogen (secondary N) is 2. The van der Waals surface area contributed by atoms with Crippen LogP contribution in [0.15, 0.2) is 53.4 Å². The fourth-order valence-electron chi connectivity index (χ4n) is 2.73. The van der Waals surface area contributed by atoms with E-state index < -0.39 is 18.5 Å². The summed E-state index contributed by atoms with van der Waals surface area (Å²) in [4.78, 5) is 50.3. The number of esters is 1. The molecule has 0 saturated carbocycles. The highest BCUT2D eigenvalue weighted by atomic mass is 32.2. The molecule has 150 valence electrons. The Labute approximate surface area is 171 Å². The summed E-state index contributed by atoms with van der Waals surface area (Å²) in [7, 11) is 1.51. The number of ether oxygens (including phenoxy) is 1. The van der Waals surface area contributed by atoms with Crippen molar-refractivity contribution in [3.63, 3.8) is 0 Å². The standard InChI is InChI=1S/C20H19N3O5S/c1-21-20(27)13-5-4-6-14(9-13)22-17(24)11-28-19(26)10-23-15-7-2-3-8-16(15)29-12-18(23)25/h2-9H,10-12H2,1H3,(H,21,27)(H,22,24). The topological polar surface area (TPSA) is 105 Å². The van der Waals surface area contributed by atoms with Crippen LogP contribution in [-0.4, -0.2) is 49.6 Å². The Balaban J connectivity index is 1.54. The first kappa shape index (κ1) is 20.4. The third kappa shape index (κ3) is 5.14. The van der Waals surface area contributed by atoms with Crippen molar-refractivity contribution >= 4 is 46.8 Å². The van der Waals surface area contributed by atoms with Gasteiger partial charge in [-0.1, -0.05) is 18.2 Å². The van der Waals surface area contributed by atoms with Crippen molar-refractivity contribution in [1.82, 2.24) is 5.32 Å². The molecule has 3 rings (SSSR count). The minimum atomic E-state index is -0.686. The molecule has 8 nitrogen and oxygen atoms in total. The number of anilines is 2. The molecular weight excluding hydrogens is 394 g/mol. The summed E-state index contributed by atoms with van der Waals surface area (Å²) in [6.07, 6.45) is 0. The first-order valence-electron chi connectivity index (χ1n) is 8.77. The van der Waals surface area contributed by atoms with Crippen LogP contribution < -0.4 is 15.5 Å². The number of fused-ring (bicyclic) bond motifs is 1. The molecule has 0 aromatic heterocycles. The van der Waals surface area contributed by atoms with E-state index in [0.717, 1.165) is 4.90 Å². The number of hydrogen-bond acceptors (Lipinski definition) is 6. The maximum Gasteiger partial charge on any atom is 0.326 e. The molecule has 3 amide bonds. The average Bonchev–Trinajstić information content (AvgIpc) is 2.74. The van der Waals surface area contributed by atoms with Gasteiger partial charge in [0.1, 0.15) is 6.54 Å². The van der Waals surface area contributed by atoms with Gasteiger partial charge < -0.3 is 15.4 Å².